The van der Waals surface area contributed by atoms with Gasteiger partial charge < -0.3 is 28.1 Å². The van der Waals surface area contributed by atoms with Gasteiger partial charge in [0.15, 0.2) is 23.1 Å². The van der Waals surface area contributed by atoms with Gasteiger partial charge in [0.05, 0.1) is 39.3 Å². The second kappa shape index (κ2) is 13.7. The molecule has 236 valence electrons. The van der Waals surface area contributed by atoms with Crippen molar-refractivity contribution in [3.05, 3.63) is 46.7 Å². The van der Waals surface area contributed by atoms with E-state index in [1.807, 2.05) is 32.0 Å². The number of allylic oxidation sites excluding steroid dienone is 3. The van der Waals surface area contributed by atoms with E-state index in [2.05, 4.69) is 47.6 Å². The Kier molecular flexibility index (Phi) is 11.2. The number of Topliss-reactive ketones (excluding diaryl/α,β-unsaturated/α-hetero) is 1. The van der Waals surface area contributed by atoms with Crippen molar-refractivity contribution in [1.29, 1.82) is 0 Å². The third-order valence-electron chi connectivity index (χ3n) is 9.77. The number of rotatable bonds is 13. The van der Waals surface area contributed by atoms with Gasteiger partial charge in [0, 0.05) is 25.7 Å². The summed E-state index contributed by atoms with van der Waals surface area (Å²) >= 11 is 0. The van der Waals surface area contributed by atoms with Gasteiger partial charge in [-0.2, -0.15) is 0 Å². The van der Waals surface area contributed by atoms with Crippen LogP contribution in [0.25, 0.3) is 0 Å². The molecule has 3 rings (SSSR count). The number of fused-ring (bicyclic) bond motifs is 2. The summed E-state index contributed by atoms with van der Waals surface area (Å²) in [4.78, 5) is 14.8. The van der Waals surface area contributed by atoms with Crippen molar-refractivity contribution in [3.8, 4) is 11.5 Å². The fourth-order valence-electron chi connectivity index (χ4n) is 8.03. The first-order valence-corrected chi connectivity index (χ1v) is 17.4. The summed E-state index contributed by atoms with van der Waals surface area (Å²) in [6.07, 6.45) is 2.90. The number of carbonyl (C=O) groups excluding carboxylic acids is 1. The molecule has 0 radical (unpaired) electrons. The van der Waals surface area contributed by atoms with Crippen LogP contribution in [0.5, 0.6) is 11.5 Å². The summed E-state index contributed by atoms with van der Waals surface area (Å²) in [6, 6.07) is 5.92. The quantitative estimate of drug-likeness (QED) is 0.130. The number of hydrogen-bond acceptors (Lipinski definition) is 7. The van der Waals surface area contributed by atoms with Crippen molar-refractivity contribution in [2.75, 3.05) is 35.5 Å². The lowest BCUT2D eigenvalue weighted by atomic mass is 9.58. The zero-order valence-electron chi connectivity index (χ0n) is 28.1. The van der Waals surface area contributed by atoms with E-state index in [4.69, 9.17) is 28.1 Å². The van der Waals surface area contributed by atoms with Crippen LogP contribution in [0.2, 0.25) is 16.6 Å². The third kappa shape index (κ3) is 5.72. The molecule has 1 saturated carbocycles. The van der Waals surface area contributed by atoms with Crippen LogP contribution < -0.4 is 9.47 Å². The molecule has 4 atom stereocenters. The average Bonchev–Trinajstić information content (AvgIpc) is 2.95. The summed E-state index contributed by atoms with van der Waals surface area (Å²) in [5, 5.41) is 0. The van der Waals surface area contributed by atoms with Gasteiger partial charge in [0.2, 0.25) is 8.32 Å². The highest BCUT2D eigenvalue weighted by molar-refractivity contribution is 6.77. The molecule has 0 saturated heterocycles. The monoisotopic (exact) mass is 602 g/mol. The van der Waals surface area contributed by atoms with E-state index >= 15 is 0 Å². The fourth-order valence-corrected chi connectivity index (χ4v) is 13.6. The molecule has 0 heterocycles. The highest BCUT2D eigenvalue weighted by Crippen LogP contribution is 2.59. The Hall–Kier alpha value is -2.13. The Morgan fingerprint density at radius 1 is 0.905 bits per heavy atom. The molecule has 1 aromatic carbocycles. The minimum atomic E-state index is -2.36. The van der Waals surface area contributed by atoms with Crippen molar-refractivity contribution >= 4 is 14.1 Å². The van der Waals surface area contributed by atoms with Crippen LogP contribution in [-0.2, 0) is 23.4 Å². The van der Waals surface area contributed by atoms with Crippen molar-refractivity contribution in [3.63, 3.8) is 0 Å². The number of ether oxygens (including phenoxy) is 5. The average molecular weight is 603 g/mol. The lowest BCUT2D eigenvalue weighted by Crippen LogP contribution is -2.65. The molecule has 0 spiro atoms. The SMILES string of the molecule is COC1=C(CC=C(C)C)C(=O)[C@@H]2[C@H](c3ccc(OC)c(OC)c3)[C@@H](O[Si](C(C)C)(C(C)C)C(C)C)C[C@H]1C2(OC)OC. The molecule has 42 heavy (non-hydrogen) atoms. The van der Waals surface area contributed by atoms with Crippen LogP contribution in [0.15, 0.2) is 41.2 Å². The highest BCUT2D eigenvalue weighted by atomic mass is 28.4. The number of hydrogen-bond donors (Lipinski definition) is 0. The maximum atomic E-state index is 14.8. The molecule has 0 N–H and O–H groups in total. The van der Waals surface area contributed by atoms with Gasteiger partial charge in [-0.1, -0.05) is 59.3 Å². The molecular weight excluding hydrogens is 548 g/mol. The van der Waals surface area contributed by atoms with Crippen LogP contribution in [0.1, 0.15) is 79.7 Å². The summed E-state index contributed by atoms with van der Waals surface area (Å²) < 4.78 is 37.5. The van der Waals surface area contributed by atoms with E-state index < -0.39 is 20.0 Å². The van der Waals surface area contributed by atoms with Crippen molar-refractivity contribution in [2.45, 2.75) is 103 Å². The zero-order chi connectivity index (χ0) is 31.6. The van der Waals surface area contributed by atoms with Crippen LogP contribution in [0, 0.1) is 11.8 Å². The van der Waals surface area contributed by atoms with Gasteiger partial charge in [-0.05, 0) is 61.0 Å². The van der Waals surface area contributed by atoms with E-state index in [0.717, 1.165) is 11.1 Å². The number of methoxy groups -OCH3 is 5. The molecule has 7 nitrogen and oxygen atoms in total. The second-order valence-corrected chi connectivity index (χ2v) is 18.3. The van der Waals surface area contributed by atoms with Crippen molar-refractivity contribution in [2.24, 2.45) is 11.8 Å². The largest absolute Gasteiger partial charge is 0.500 e. The summed E-state index contributed by atoms with van der Waals surface area (Å²) in [5.74, 6) is -0.687. The Labute approximate surface area is 255 Å². The number of benzene rings is 1. The standard InChI is InChI=1S/C34H54O7Si/c1-20(2)14-16-25-32(35)31-30(24-15-17-27(36-9)28(18-24)37-10)29(41-42(21(3)4,22(5)6)23(7)8)19-26(33(25)38-11)34(31,39-12)40-13/h14-15,17-18,21-23,26,29-31H,16,19H2,1-13H3/t26-,29+,30-,31+/m1/s1. The Morgan fingerprint density at radius 2 is 1.48 bits per heavy atom. The highest BCUT2D eigenvalue weighted by Gasteiger charge is 2.65. The Bertz CT molecular complexity index is 1140. The molecule has 8 heteroatoms. The predicted molar refractivity (Wildman–Crippen MR) is 170 cm³/mol. The van der Waals surface area contributed by atoms with Crippen LogP contribution in [-0.4, -0.2) is 61.5 Å². The Morgan fingerprint density at radius 3 is 1.93 bits per heavy atom. The molecule has 1 fully saturated rings. The van der Waals surface area contributed by atoms with Gasteiger partial charge in [-0.25, -0.2) is 0 Å². The number of ketones is 1. The molecule has 0 unspecified atom stereocenters. The maximum absolute atomic E-state index is 14.8. The molecule has 2 aliphatic rings. The van der Waals surface area contributed by atoms with Crippen molar-refractivity contribution < 1.29 is 32.9 Å². The van der Waals surface area contributed by atoms with Crippen molar-refractivity contribution in [1.82, 2.24) is 0 Å². The minimum absolute atomic E-state index is 0.0247. The molecule has 1 aromatic rings. The molecule has 2 aliphatic carbocycles. The normalized spacial score (nSPS) is 24.0. The predicted octanol–water partition coefficient (Wildman–Crippen LogP) is 7.81. The van der Waals surface area contributed by atoms with Gasteiger partial charge in [-0.15, -0.1) is 0 Å². The zero-order valence-corrected chi connectivity index (χ0v) is 29.1. The minimum Gasteiger partial charge on any atom is -0.500 e. The molecule has 2 bridgehead atoms. The van der Waals surface area contributed by atoms with Crippen LogP contribution in [0.4, 0.5) is 0 Å². The maximum Gasteiger partial charge on any atom is 0.200 e. The Balaban J connectivity index is 2.38. The second-order valence-electron chi connectivity index (χ2n) is 12.9. The first kappa shape index (κ1) is 34.4. The molecule has 0 aromatic heterocycles. The fraction of sp³-hybridized carbons (Fsp3) is 0.676. The van der Waals surface area contributed by atoms with Crippen LogP contribution >= 0.6 is 0 Å². The van der Waals surface area contributed by atoms with Gasteiger partial charge in [0.25, 0.3) is 0 Å². The summed E-state index contributed by atoms with van der Waals surface area (Å²) in [6.45, 7) is 17.8. The molecule has 0 aliphatic heterocycles. The van der Waals surface area contributed by atoms with Crippen LogP contribution in [0.3, 0.4) is 0 Å². The van der Waals surface area contributed by atoms with Gasteiger partial charge in [-0.3, -0.25) is 4.79 Å². The smallest absolute Gasteiger partial charge is 0.200 e. The summed E-state index contributed by atoms with van der Waals surface area (Å²) in [7, 11) is 5.81. The molecule has 0 amide bonds. The van der Waals surface area contributed by atoms with E-state index in [-0.39, 0.29) is 23.7 Å². The van der Waals surface area contributed by atoms with E-state index in [1.165, 1.54) is 0 Å². The first-order chi connectivity index (χ1) is 19.8. The molecular formula is C34H54O7Si. The topological polar surface area (TPSA) is 72.5 Å². The van der Waals surface area contributed by atoms with Gasteiger partial charge >= 0.3 is 0 Å². The lowest BCUT2D eigenvalue weighted by molar-refractivity contribution is -0.290. The van der Waals surface area contributed by atoms with E-state index in [0.29, 0.717) is 52.3 Å². The van der Waals surface area contributed by atoms with E-state index in [1.54, 1.807) is 35.5 Å². The first-order valence-electron chi connectivity index (χ1n) is 15.3. The third-order valence-corrected chi connectivity index (χ3v) is 15.9. The van der Waals surface area contributed by atoms with Gasteiger partial charge in [0.1, 0.15) is 5.76 Å². The van der Waals surface area contributed by atoms with E-state index in [9.17, 15) is 4.79 Å². The number of carbonyl (C=O) groups is 1. The lowest BCUT2D eigenvalue weighted by Gasteiger charge is -2.57. The summed E-state index contributed by atoms with van der Waals surface area (Å²) in [5.41, 5.74) is 3.89.